The van der Waals surface area contributed by atoms with Gasteiger partial charge in [0.2, 0.25) is 0 Å². The van der Waals surface area contributed by atoms with Crippen molar-refractivity contribution in [1.29, 1.82) is 0 Å². The first-order valence-electron chi connectivity index (χ1n) is 17.5. The van der Waals surface area contributed by atoms with Crippen LogP contribution in [0.1, 0.15) is 147 Å². The van der Waals surface area contributed by atoms with E-state index in [4.69, 9.17) is 24.2 Å². The highest BCUT2D eigenvalue weighted by Crippen LogP contribution is 2.08. The van der Waals surface area contributed by atoms with Crippen molar-refractivity contribution in [3.05, 3.63) is 0 Å². The first-order valence-corrected chi connectivity index (χ1v) is 17.5. The van der Waals surface area contributed by atoms with Crippen LogP contribution in [0.15, 0.2) is 0 Å². The fraction of sp³-hybridized carbons (Fsp3) is 0.941. The van der Waals surface area contributed by atoms with E-state index >= 15 is 0 Å². The molecule has 2 unspecified atom stereocenters. The van der Waals surface area contributed by atoms with Crippen molar-refractivity contribution in [2.45, 2.75) is 153 Å². The Bertz CT molecular complexity index is 519. The summed E-state index contributed by atoms with van der Waals surface area (Å²) in [5.41, 5.74) is 0. The molecule has 0 aromatic carbocycles. The SMILES string of the molecule is CC.CC.CCC.CCC.CCCCCCCCOC(O)CCC(=O)OCC(COO)COC(=O)OCCCN(CC)CC. The summed E-state index contributed by atoms with van der Waals surface area (Å²) in [6.07, 6.45) is 8.26. The van der Waals surface area contributed by atoms with Gasteiger partial charge in [-0.2, -0.15) is 0 Å². The molecule has 270 valence electrons. The van der Waals surface area contributed by atoms with Gasteiger partial charge < -0.3 is 29.0 Å². The maximum atomic E-state index is 11.9. The first-order chi connectivity index (χ1) is 21.3. The van der Waals surface area contributed by atoms with E-state index in [-0.39, 0.29) is 39.3 Å². The third-order valence-electron chi connectivity index (χ3n) is 5.36. The van der Waals surface area contributed by atoms with E-state index in [1.54, 1.807) is 0 Å². The van der Waals surface area contributed by atoms with E-state index in [1.165, 1.54) is 32.1 Å². The fourth-order valence-electron chi connectivity index (χ4n) is 3.17. The number of rotatable bonds is 23. The molecular formula is C34H75NO9. The molecule has 0 saturated carbocycles. The Balaban J connectivity index is -0.000000448. The molecule has 0 aromatic heterocycles. The first kappa shape index (κ1) is 52.1. The molecule has 0 bridgehead atoms. The molecule has 44 heavy (non-hydrogen) atoms. The minimum Gasteiger partial charge on any atom is -0.465 e. The molecule has 0 spiro atoms. The molecule has 0 heterocycles. The Hall–Kier alpha value is -1.46. The van der Waals surface area contributed by atoms with Crippen LogP contribution in [0, 0.1) is 5.92 Å². The van der Waals surface area contributed by atoms with Gasteiger partial charge in [0.1, 0.15) is 6.61 Å². The highest BCUT2D eigenvalue weighted by molar-refractivity contribution is 5.69. The number of carbonyl (C=O) groups is 2. The maximum absolute atomic E-state index is 11.9. The van der Waals surface area contributed by atoms with Gasteiger partial charge in [0.05, 0.1) is 32.2 Å². The molecule has 0 radical (unpaired) electrons. The van der Waals surface area contributed by atoms with Gasteiger partial charge in [-0.3, -0.25) is 10.1 Å². The highest BCUT2D eigenvalue weighted by Gasteiger charge is 2.17. The lowest BCUT2D eigenvalue weighted by Gasteiger charge is -2.18. The van der Waals surface area contributed by atoms with E-state index in [2.05, 4.69) is 58.3 Å². The Morgan fingerprint density at radius 3 is 1.73 bits per heavy atom. The Kier molecular flexibility index (Phi) is 57.4. The molecule has 0 saturated heterocycles. The molecule has 2 N–H and O–H groups in total. The summed E-state index contributed by atoms with van der Waals surface area (Å²) in [5.74, 6) is -1.07. The third kappa shape index (κ3) is 47.5. The van der Waals surface area contributed by atoms with E-state index in [9.17, 15) is 14.7 Å². The number of hydrogen-bond acceptors (Lipinski definition) is 10. The molecule has 10 nitrogen and oxygen atoms in total. The van der Waals surface area contributed by atoms with Gasteiger partial charge in [0.25, 0.3) is 0 Å². The second-order valence-electron chi connectivity index (χ2n) is 9.68. The summed E-state index contributed by atoms with van der Waals surface area (Å²) in [6, 6.07) is 0. The summed E-state index contributed by atoms with van der Waals surface area (Å²) in [7, 11) is 0. The zero-order valence-corrected chi connectivity index (χ0v) is 30.8. The largest absolute Gasteiger partial charge is 0.508 e. The molecule has 2 atom stereocenters. The molecule has 0 aliphatic carbocycles. The molecule has 0 aliphatic heterocycles. The van der Waals surface area contributed by atoms with E-state index in [0.717, 1.165) is 38.9 Å². The van der Waals surface area contributed by atoms with Crippen molar-refractivity contribution in [3.63, 3.8) is 0 Å². The lowest BCUT2D eigenvalue weighted by Crippen LogP contribution is -2.26. The van der Waals surface area contributed by atoms with Gasteiger partial charge in [-0.15, -0.1) is 0 Å². The summed E-state index contributed by atoms with van der Waals surface area (Å²) in [4.78, 5) is 30.0. The van der Waals surface area contributed by atoms with Crippen LogP contribution in [-0.4, -0.2) is 86.3 Å². The van der Waals surface area contributed by atoms with Crippen molar-refractivity contribution in [3.8, 4) is 0 Å². The molecule has 10 heteroatoms. The summed E-state index contributed by atoms with van der Waals surface area (Å²) in [6.45, 7) is 25.8. The van der Waals surface area contributed by atoms with E-state index < -0.39 is 24.3 Å². The van der Waals surface area contributed by atoms with Gasteiger partial charge in [-0.1, -0.05) is 121 Å². The topological polar surface area (TPSA) is 124 Å². The number of unbranched alkanes of at least 4 members (excludes halogenated alkanes) is 5. The van der Waals surface area contributed by atoms with Crippen LogP contribution >= 0.6 is 0 Å². The van der Waals surface area contributed by atoms with E-state index in [0.29, 0.717) is 13.0 Å². The van der Waals surface area contributed by atoms with Crippen LogP contribution in [0.3, 0.4) is 0 Å². The second kappa shape index (κ2) is 48.4. The molecule has 0 amide bonds. The Morgan fingerprint density at radius 2 is 1.20 bits per heavy atom. The zero-order valence-electron chi connectivity index (χ0n) is 30.8. The van der Waals surface area contributed by atoms with Crippen LogP contribution in [-0.2, 0) is 28.6 Å². The zero-order chi connectivity index (χ0) is 34.9. The smallest absolute Gasteiger partial charge is 0.465 e. The normalized spacial score (nSPS) is 11.1. The fourth-order valence-corrected chi connectivity index (χ4v) is 3.17. The molecule has 0 fully saturated rings. The molecule has 0 aliphatic rings. The minimum atomic E-state index is -1.01. The Morgan fingerprint density at radius 1 is 0.682 bits per heavy atom. The van der Waals surface area contributed by atoms with Crippen molar-refractivity contribution in [2.75, 3.05) is 52.7 Å². The average Bonchev–Trinajstić information content (AvgIpc) is 3.03. The van der Waals surface area contributed by atoms with Crippen molar-refractivity contribution in [2.24, 2.45) is 5.92 Å². The van der Waals surface area contributed by atoms with Gasteiger partial charge in [0.15, 0.2) is 6.29 Å². The summed E-state index contributed by atoms with van der Waals surface area (Å²) >= 11 is 0. The molecule has 0 rings (SSSR count). The van der Waals surface area contributed by atoms with Crippen molar-refractivity contribution in [1.82, 2.24) is 4.90 Å². The standard InChI is InChI=1S/C24H47NO9.2C3H8.2C2H6/c1-4-7-8-9-10-11-16-30-22(26)13-14-23(27)32-18-21(20-34-29)19-33-24(28)31-17-12-15-25(5-2)6-3;2*1-3-2;2*1-2/h21-22,26,29H,4-20H2,1-3H3;2*3H2,1-2H3;2*1-2H3. The minimum absolute atomic E-state index is 0.0141. The number of hydrogen-bond donors (Lipinski definition) is 2. The van der Waals surface area contributed by atoms with Crippen LogP contribution in [0.5, 0.6) is 0 Å². The predicted molar refractivity (Wildman–Crippen MR) is 182 cm³/mol. The highest BCUT2D eigenvalue weighted by atomic mass is 17.1. The number of nitrogens with zero attached hydrogens (tertiary/aromatic N) is 1. The van der Waals surface area contributed by atoms with Crippen LogP contribution < -0.4 is 0 Å². The van der Waals surface area contributed by atoms with Crippen LogP contribution in [0.4, 0.5) is 4.79 Å². The van der Waals surface area contributed by atoms with Crippen LogP contribution in [0.2, 0.25) is 0 Å². The molecule has 0 aromatic rings. The number of esters is 1. The van der Waals surface area contributed by atoms with Gasteiger partial charge >= 0.3 is 12.1 Å². The number of aliphatic hydroxyl groups excluding tert-OH is 1. The lowest BCUT2D eigenvalue weighted by molar-refractivity contribution is -0.255. The van der Waals surface area contributed by atoms with Crippen molar-refractivity contribution < 1.29 is 43.8 Å². The van der Waals surface area contributed by atoms with Crippen molar-refractivity contribution >= 4 is 12.1 Å². The van der Waals surface area contributed by atoms with Gasteiger partial charge in [-0.25, -0.2) is 9.68 Å². The number of aliphatic hydroxyl groups is 1. The number of ether oxygens (including phenoxy) is 4. The third-order valence-corrected chi connectivity index (χ3v) is 5.36. The second-order valence-corrected chi connectivity index (χ2v) is 9.68. The lowest BCUT2D eigenvalue weighted by atomic mass is 10.1. The van der Waals surface area contributed by atoms with Gasteiger partial charge in [-0.05, 0) is 25.9 Å². The summed E-state index contributed by atoms with van der Waals surface area (Å²) < 4.78 is 20.5. The summed E-state index contributed by atoms with van der Waals surface area (Å²) in [5, 5.41) is 18.5. The maximum Gasteiger partial charge on any atom is 0.508 e. The Labute approximate surface area is 272 Å². The molecular weight excluding hydrogens is 566 g/mol. The monoisotopic (exact) mass is 642 g/mol. The predicted octanol–water partition coefficient (Wildman–Crippen LogP) is 8.88. The average molecular weight is 642 g/mol. The quantitative estimate of drug-likeness (QED) is 0.0367. The van der Waals surface area contributed by atoms with Crippen LogP contribution in [0.25, 0.3) is 0 Å². The van der Waals surface area contributed by atoms with E-state index in [1.807, 2.05) is 27.7 Å². The number of carbonyl (C=O) groups excluding carboxylic acids is 2. The van der Waals surface area contributed by atoms with Gasteiger partial charge in [0, 0.05) is 19.6 Å².